The second kappa shape index (κ2) is 3.31. The maximum Gasteiger partial charge on any atom is 0.169 e. The normalized spacial score (nSPS) is 35.6. The van der Waals surface area contributed by atoms with Gasteiger partial charge >= 0.3 is 0 Å². The van der Waals surface area contributed by atoms with Crippen molar-refractivity contribution in [1.29, 1.82) is 0 Å². The van der Waals surface area contributed by atoms with Crippen LogP contribution in [0.4, 0.5) is 0 Å². The predicted octanol–water partition coefficient (Wildman–Crippen LogP) is 3.47. The van der Waals surface area contributed by atoms with Gasteiger partial charge in [-0.05, 0) is 24.7 Å². The van der Waals surface area contributed by atoms with E-state index in [9.17, 15) is 4.79 Å². The molecule has 2 aliphatic carbocycles. The molecule has 1 fully saturated rings. The summed E-state index contributed by atoms with van der Waals surface area (Å²) in [6, 6.07) is 9.71. The average Bonchev–Trinajstić information content (AvgIpc) is 2.89. The quantitative estimate of drug-likeness (QED) is 0.542. The lowest BCUT2D eigenvalue weighted by Crippen LogP contribution is -2.32. The molecule has 0 amide bonds. The summed E-state index contributed by atoms with van der Waals surface area (Å²) in [5.41, 5.74) is 0.715. The van der Waals surface area contributed by atoms with E-state index in [1.54, 1.807) is 0 Å². The fourth-order valence-electron chi connectivity index (χ4n) is 3.27. The Hall–Kier alpha value is -1.37. The number of ketones is 1. The van der Waals surface area contributed by atoms with Crippen molar-refractivity contribution in [2.24, 2.45) is 17.3 Å². The maximum atomic E-state index is 12.5. The third-order valence-corrected chi connectivity index (χ3v) is 4.23. The van der Waals surface area contributed by atoms with Crippen molar-refractivity contribution < 1.29 is 4.79 Å². The van der Waals surface area contributed by atoms with Gasteiger partial charge in [-0.1, -0.05) is 49.4 Å². The van der Waals surface area contributed by atoms with Gasteiger partial charge in [0, 0.05) is 11.0 Å². The minimum atomic E-state index is -0.152. The zero-order chi connectivity index (χ0) is 11.2. The highest BCUT2D eigenvalue weighted by atomic mass is 16.1. The number of carbonyl (C=O) groups excluding carboxylic acids is 1. The van der Waals surface area contributed by atoms with E-state index in [0.717, 1.165) is 12.0 Å². The fourth-order valence-corrected chi connectivity index (χ4v) is 3.27. The highest BCUT2D eigenvalue weighted by molar-refractivity contribution is 6.01. The van der Waals surface area contributed by atoms with Crippen molar-refractivity contribution >= 4 is 5.78 Å². The molecule has 0 aromatic heterocycles. The first-order chi connectivity index (χ1) is 7.70. The summed E-state index contributed by atoms with van der Waals surface area (Å²) in [4.78, 5) is 12.5. The van der Waals surface area contributed by atoms with E-state index in [4.69, 9.17) is 0 Å². The van der Waals surface area contributed by atoms with Crippen molar-refractivity contribution in [3.63, 3.8) is 0 Å². The monoisotopic (exact) mass is 212 g/mol. The van der Waals surface area contributed by atoms with E-state index in [2.05, 4.69) is 19.1 Å². The van der Waals surface area contributed by atoms with Crippen molar-refractivity contribution in [3.8, 4) is 0 Å². The second-order valence-corrected chi connectivity index (χ2v) is 5.30. The summed E-state index contributed by atoms with van der Waals surface area (Å²) in [6.07, 6.45) is 6.73. The van der Waals surface area contributed by atoms with E-state index >= 15 is 0 Å². The Morgan fingerprint density at radius 1 is 1.25 bits per heavy atom. The Balaban J connectivity index is 1.94. The molecule has 3 atom stereocenters. The summed E-state index contributed by atoms with van der Waals surface area (Å²) < 4.78 is 0. The molecule has 0 spiro atoms. The molecule has 0 saturated heterocycles. The predicted molar refractivity (Wildman–Crippen MR) is 64.2 cm³/mol. The molecular formula is C15H16O. The van der Waals surface area contributed by atoms with Crippen molar-refractivity contribution in [1.82, 2.24) is 0 Å². The van der Waals surface area contributed by atoms with Crippen LogP contribution in [-0.2, 0) is 0 Å². The number of carbonyl (C=O) groups is 1. The molecule has 3 rings (SSSR count). The molecule has 0 aliphatic heterocycles. The number of fused-ring (bicyclic) bond motifs is 2. The van der Waals surface area contributed by atoms with Crippen LogP contribution in [0.1, 0.15) is 30.1 Å². The van der Waals surface area contributed by atoms with Gasteiger partial charge in [0.1, 0.15) is 0 Å². The Morgan fingerprint density at radius 3 is 2.56 bits per heavy atom. The molecule has 0 heterocycles. The topological polar surface area (TPSA) is 17.1 Å². The van der Waals surface area contributed by atoms with E-state index in [1.165, 1.54) is 6.42 Å². The Morgan fingerprint density at radius 2 is 2.00 bits per heavy atom. The molecule has 1 aromatic rings. The lowest BCUT2D eigenvalue weighted by molar-refractivity contribution is 0.0776. The van der Waals surface area contributed by atoms with Gasteiger partial charge in [0.15, 0.2) is 5.78 Å². The zero-order valence-corrected chi connectivity index (χ0v) is 9.52. The summed E-state index contributed by atoms with van der Waals surface area (Å²) >= 11 is 0. The minimum absolute atomic E-state index is 0.152. The Labute approximate surface area is 96.2 Å². The smallest absolute Gasteiger partial charge is 0.169 e. The molecule has 1 aromatic carbocycles. The molecule has 2 bridgehead atoms. The van der Waals surface area contributed by atoms with Gasteiger partial charge < -0.3 is 0 Å². The van der Waals surface area contributed by atoms with Crippen LogP contribution >= 0.6 is 0 Å². The van der Waals surface area contributed by atoms with E-state index < -0.39 is 0 Å². The van der Waals surface area contributed by atoms with E-state index in [1.807, 2.05) is 30.3 Å². The van der Waals surface area contributed by atoms with Gasteiger partial charge in [0.2, 0.25) is 0 Å². The minimum Gasteiger partial charge on any atom is -0.294 e. The van der Waals surface area contributed by atoms with Crippen LogP contribution in [0.2, 0.25) is 0 Å². The molecule has 0 N–H and O–H groups in total. The van der Waals surface area contributed by atoms with Crippen LogP contribution < -0.4 is 0 Å². The highest BCUT2D eigenvalue weighted by Gasteiger charge is 2.49. The van der Waals surface area contributed by atoms with Crippen LogP contribution in [0, 0.1) is 17.3 Å². The lowest BCUT2D eigenvalue weighted by atomic mass is 9.72. The van der Waals surface area contributed by atoms with Gasteiger partial charge in [-0.25, -0.2) is 0 Å². The zero-order valence-electron chi connectivity index (χ0n) is 9.52. The number of hydrogen-bond donors (Lipinski definition) is 0. The SMILES string of the molecule is C[C@]1(C(=O)c2ccccc2)C[C@H]2C=C[C@@H]1C2. The molecule has 1 heteroatoms. The Bertz CT molecular complexity index is 446. The maximum absolute atomic E-state index is 12.5. The van der Waals surface area contributed by atoms with Crippen LogP contribution in [0.25, 0.3) is 0 Å². The third-order valence-electron chi connectivity index (χ3n) is 4.23. The van der Waals surface area contributed by atoms with Crippen molar-refractivity contribution in [3.05, 3.63) is 48.0 Å². The highest BCUT2D eigenvalue weighted by Crippen LogP contribution is 2.53. The first kappa shape index (κ1) is 9.83. The van der Waals surface area contributed by atoms with Crippen molar-refractivity contribution in [2.75, 3.05) is 0 Å². The van der Waals surface area contributed by atoms with E-state index in [0.29, 0.717) is 17.6 Å². The molecule has 16 heavy (non-hydrogen) atoms. The standard InChI is InChI=1S/C15H16O/c1-15(10-11-7-8-13(15)9-11)14(16)12-5-3-2-4-6-12/h2-8,11,13H,9-10H2,1H3/t11-,13+,15-/m0/s1. The van der Waals surface area contributed by atoms with E-state index in [-0.39, 0.29) is 5.41 Å². The molecule has 2 aliphatic rings. The Kier molecular flexibility index (Phi) is 2.03. The summed E-state index contributed by atoms with van der Waals surface area (Å²) in [7, 11) is 0. The lowest BCUT2D eigenvalue weighted by Gasteiger charge is -2.29. The first-order valence-electron chi connectivity index (χ1n) is 5.98. The second-order valence-electron chi connectivity index (χ2n) is 5.30. The van der Waals surface area contributed by atoms with Gasteiger partial charge in [-0.2, -0.15) is 0 Å². The van der Waals surface area contributed by atoms with Crippen LogP contribution in [0.3, 0.4) is 0 Å². The van der Waals surface area contributed by atoms with Crippen molar-refractivity contribution in [2.45, 2.75) is 19.8 Å². The molecular weight excluding hydrogens is 196 g/mol. The van der Waals surface area contributed by atoms with Gasteiger partial charge in [0.25, 0.3) is 0 Å². The van der Waals surface area contributed by atoms with Crippen LogP contribution in [0.5, 0.6) is 0 Å². The van der Waals surface area contributed by atoms with Gasteiger partial charge in [-0.3, -0.25) is 4.79 Å². The number of benzene rings is 1. The largest absolute Gasteiger partial charge is 0.294 e. The average molecular weight is 212 g/mol. The van der Waals surface area contributed by atoms with Gasteiger partial charge in [0.05, 0.1) is 0 Å². The third kappa shape index (κ3) is 1.27. The van der Waals surface area contributed by atoms with Crippen LogP contribution in [0.15, 0.2) is 42.5 Å². The fraction of sp³-hybridized carbons (Fsp3) is 0.400. The number of allylic oxidation sites excluding steroid dienone is 2. The number of Topliss-reactive ketones (excluding diaryl/α,β-unsaturated/α-hetero) is 1. The molecule has 82 valence electrons. The molecule has 1 saturated carbocycles. The number of rotatable bonds is 2. The summed E-state index contributed by atoms with van der Waals surface area (Å²) in [6.45, 7) is 2.14. The molecule has 0 radical (unpaired) electrons. The summed E-state index contributed by atoms with van der Waals surface area (Å²) in [5, 5.41) is 0. The summed E-state index contributed by atoms with van der Waals surface area (Å²) in [5.74, 6) is 1.43. The molecule has 0 unspecified atom stereocenters. The first-order valence-corrected chi connectivity index (χ1v) is 5.98. The van der Waals surface area contributed by atoms with Gasteiger partial charge in [-0.15, -0.1) is 0 Å². The number of hydrogen-bond acceptors (Lipinski definition) is 1. The van der Waals surface area contributed by atoms with Crippen LogP contribution in [-0.4, -0.2) is 5.78 Å². The molecule has 1 nitrogen and oxygen atoms in total.